The number of methoxy groups -OCH3 is 1. The van der Waals surface area contributed by atoms with Gasteiger partial charge in [0.25, 0.3) is 12.2 Å². The molecule has 5 nitrogen and oxygen atoms in total. The third-order valence-corrected chi connectivity index (χ3v) is 4.28. The van der Waals surface area contributed by atoms with Crippen LogP contribution in [0.15, 0.2) is 30.5 Å². The van der Waals surface area contributed by atoms with Gasteiger partial charge in [-0.1, -0.05) is 25.6 Å². The van der Waals surface area contributed by atoms with Crippen molar-refractivity contribution in [1.82, 2.24) is 10.3 Å². The lowest BCUT2D eigenvalue weighted by Gasteiger charge is -2.24. The summed E-state index contributed by atoms with van der Waals surface area (Å²) >= 11 is 0. The first kappa shape index (κ1) is 20.9. The van der Waals surface area contributed by atoms with Gasteiger partial charge in [-0.25, -0.2) is 0 Å². The topological polar surface area (TPSA) is 60.5 Å². The van der Waals surface area contributed by atoms with Crippen molar-refractivity contribution in [3.05, 3.63) is 36.0 Å². The highest BCUT2D eigenvalue weighted by molar-refractivity contribution is 6.83. The number of nitrogens with one attached hydrogen (secondary N) is 1. The molecule has 1 unspecified atom stereocenters. The molecule has 1 aromatic carbocycles. The van der Waals surface area contributed by atoms with E-state index in [4.69, 9.17) is 9.47 Å². The minimum Gasteiger partial charge on any atom is -0.455 e. The summed E-state index contributed by atoms with van der Waals surface area (Å²) in [5.74, 6) is 3.43. The zero-order chi connectivity index (χ0) is 20.2. The Morgan fingerprint density at radius 1 is 1.22 bits per heavy atom. The maximum atomic E-state index is 12.3. The number of amides is 1. The molecule has 0 aliphatic rings. The minimum absolute atomic E-state index is 0.321. The third kappa shape index (κ3) is 6.70. The van der Waals surface area contributed by atoms with Crippen LogP contribution in [0.2, 0.25) is 19.6 Å². The number of carbonyl (C=O) groups is 1. The van der Waals surface area contributed by atoms with Crippen LogP contribution in [0.5, 0.6) is 5.75 Å². The molecule has 6 heteroatoms. The standard InChI is InChI=1S/C21H28N2O3Si/c1-21(2,3)23-19(24)20(25-4)26-17-8-9-18-16(13-17)12-15(14-22-18)10-11-27(5,6)7/h8-9,12-14,20H,1-7H3,(H,23,24). The van der Waals surface area contributed by atoms with E-state index >= 15 is 0 Å². The summed E-state index contributed by atoms with van der Waals surface area (Å²) in [5, 5.41) is 3.76. The highest BCUT2D eigenvalue weighted by atomic mass is 28.3. The zero-order valence-electron chi connectivity index (χ0n) is 17.1. The average molecular weight is 385 g/mol. The van der Waals surface area contributed by atoms with Gasteiger partial charge in [-0.05, 0) is 45.0 Å². The number of hydrogen-bond acceptors (Lipinski definition) is 4. The molecule has 1 heterocycles. The Labute approximate surface area is 162 Å². The van der Waals surface area contributed by atoms with Crippen molar-refractivity contribution in [2.75, 3.05) is 7.11 Å². The molecule has 0 saturated carbocycles. The Hall–Kier alpha value is -2.36. The van der Waals surface area contributed by atoms with Gasteiger partial charge >= 0.3 is 0 Å². The number of benzene rings is 1. The van der Waals surface area contributed by atoms with E-state index < -0.39 is 14.4 Å². The summed E-state index contributed by atoms with van der Waals surface area (Å²) in [5.41, 5.74) is 4.69. The van der Waals surface area contributed by atoms with E-state index in [-0.39, 0.29) is 11.4 Å². The number of nitrogens with zero attached hydrogens (tertiary/aromatic N) is 1. The Morgan fingerprint density at radius 2 is 1.93 bits per heavy atom. The molecular weight excluding hydrogens is 356 g/mol. The van der Waals surface area contributed by atoms with E-state index in [0.717, 1.165) is 16.5 Å². The number of rotatable bonds is 4. The lowest BCUT2D eigenvalue weighted by Crippen LogP contribution is -2.48. The monoisotopic (exact) mass is 384 g/mol. The van der Waals surface area contributed by atoms with Crippen LogP contribution in [0.1, 0.15) is 26.3 Å². The van der Waals surface area contributed by atoms with Crippen LogP contribution in [0.3, 0.4) is 0 Å². The summed E-state index contributed by atoms with van der Waals surface area (Å²) in [4.78, 5) is 16.8. The van der Waals surface area contributed by atoms with Crippen LogP contribution in [-0.2, 0) is 9.53 Å². The highest BCUT2D eigenvalue weighted by Gasteiger charge is 2.24. The van der Waals surface area contributed by atoms with Crippen molar-refractivity contribution >= 4 is 24.9 Å². The fraction of sp³-hybridized carbons (Fsp3) is 0.429. The first-order chi connectivity index (χ1) is 12.5. The maximum Gasteiger partial charge on any atom is 0.290 e. The average Bonchev–Trinajstić information content (AvgIpc) is 2.55. The summed E-state index contributed by atoms with van der Waals surface area (Å²) < 4.78 is 10.9. The number of fused-ring (bicyclic) bond motifs is 1. The molecule has 0 fully saturated rings. The molecule has 144 valence electrons. The van der Waals surface area contributed by atoms with E-state index in [0.29, 0.717) is 5.75 Å². The molecule has 1 amide bonds. The van der Waals surface area contributed by atoms with Crippen LogP contribution in [0.4, 0.5) is 0 Å². The fourth-order valence-electron chi connectivity index (χ4n) is 2.27. The van der Waals surface area contributed by atoms with Crippen molar-refractivity contribution in [2.45, 2.75) is 52.2 Å². The minimum atomic E-state index is -1.45. The van der Waals surface area contributed by atoms with Gasteiger partial charge in [0.15, 0.2) is 0 Å². The first-order valence-corrected chi connectivity index (χ1v) is 12.4. The Morgan fingerprint density at radius 3 is 2.52 bits per heavy atom. The number of pyridine rings is 1. The number of hydrogen-bond donors (Lipinski definition) is 1. The molecule has 0 radical (unpaired) electrons. The van der Waals surface area contributed by atoms with E-state index in [1.165, 1.54) is 7.11 Å². The second kappa shape index (κ2) is 8.11. The molecule has 0 aliphatic heterocycles. The molecule has 2 aromatic rings. The molecule has 1 aromatic heterocycles. The molecule has 1 N–H and O–H groups in total. The summed E-state index contributed by atoms with van der Waals surface area (Å²) in [6.45, 7) is 12.3. The van der Waals surface area contributed by atoms with Gasteiger partial charge in [-0.2, -0.15) is 0 Å². The summed E-state index contributed by atoms with van der Waals surface area (Å²) in [6, 6.07) is 7.46. The van der Waals surface area contributed by atoms with Crippen molar-refractivity contribution < 1.29 is 14.3 Å². The molecule has 0 spiro atoms. The van der Waals surface area contributed by atoms with E-state index in [9.17, 15) is 4.79 Å². The highest BCUT2D eigenvalue weighted by Crippen LogP contribution is 2.21. The van der Waals surface area contributed by atoms with Crippen molar-refractivity contribution in [1.29, 1.82) is 0 Å². The van der Waals surface area contributed by atoms with Gasteiger partial charge in [0.1, 0.15) is 13.8 Å². The van der Waals surface area contributed by atoms with E-state index in [1.54, 1.807) is 12.3 Å². The second-order valence-corrected chi connectivity index (χ2v) is 13.3. The van der Waals surface area contributed by atoms with Crippen molar-refractivity contribution in [2.24, 2.45) is 0 Å². The zero-order valence-corrected chi connectivity index (χ0v) is 18.1. The molecule has 0 saturated heterocycles. The summed E-state index contributed by atoms with van der Waals surface area (Å²) in [6.07, 6.45) is 0.759. The van der Waals surface area contributed by atoms with Gasteiger partial charge in [0.05, 0.1) is 5.52 Å². The van der Waals surface area contributed by atoms with Crippen LogP contribution < -0.4 is 10.1 Å². The number of ether oxygens (including phenoxy) is 2. The van der Waals surface area contributed by atoms with Gasteiger partial charge < -0.3 is 14.8 Å². The van der Waals surface area contributed by atoms with Gasteiger partial charge in [0, 0.05) is 29.8 Å². The predicted octanol–water partition coefficient (Wildman–Crippen LogP) is 3.73. The first-order valence-electron chi connectivity index (χ1n) is 8.91. The quantitative estimate of drug-likeness (QED) is 0.496. The van der Waals surface area contributed by atoms with E-state index in [1.807, 2.05) is 39.0 Å². The fourth-order valence-corrected chi connectivity index (χ4v) is 2.79. The predicted molar refractivity (Wildman–Crippen MR) is 111 cm³/mol. The lowest BCUT2D eigenvalue weighted by atomic mass is 10.1. The second-order valence-electron chi connectivity index (χ2n) is 8.50. The third-order valence-electron chi connectivity index (χ3n) is 3.40. The van der Waals surface area contributed by atoms with Crippen molar-refractivity contribution in [3.63, 3.8) is 0 Å². The van der Waals surface area contributed by atoms with Crippen molar-refractivity contribution in [3.8, 4) is 17.2 Å². The van der Waals surface area contributed by atoms with Crippen LogP contribution in [0.25, 0.3) is 10.9 Å². The molecule has 0 aliphatic carbocycles. The normalized spacial score (nSPS) is 12.9. The molecular formula is C21H28N2O3Si. The van der Waals surface area contributed by atoms with Crippen LogP contribution in [-0.4, -0.2) is 37.9 Å². The molecule has 27 heavy (non-hydrogen) atoms. The smallest absolute Gasteiger partial charge is 0.290 e. The SMILES string of the molecule is COC(Oc1ccc2ncc(C#C[Si](C)(C)C)cc2c1)C(=O)NC(C)(C)C. The largest absolute Gasteiger partial charge is 0.455 e. The Kier molecular flexibility index (Phi) is 6.29. The Balaban J connectivity index is 2.25. The van der Waals surface area contributed by atoms with Gasteiger partial charge in [0.2, 0.25) is 0 Å². The number of aromatic nitrogens is 1. The van der Waals surface area contributed by atoms with Crippen LogP contribution in [0, 0.1) is 11.5 Å². The molecule has 0 bridgehead atoms. The van der Waals surface area contributed by atoms with Gasteiger partial charge in [-0.3, -0.25) is 9.78 Å². The maximum absolute atomic E-state index is 12.3. The lowest BCUT2D eigenvalue weighted by molar-refractivity contribution is -0.149. The Bertz CT molecular complexity index is 886. The van der Waals surface area contributed by atoms with Crippen LogP contribution >= 0.6 is 0 Å². The molecule has 1 atom stereocenters. The van der Waals surface area contributed by atoms with E-state index in [2.05, 4.69) is 41.4 Å². The molecule has 2 rings (SSSR count). The number of carbonyl (C=O) groups excluding carboxylic acids is 1. The van der Waals surface area contributed by atoms with Gasteiger partial charge in [-0.15, -0.1) is 5.54 Å². The summed E-state index contributed by atoms with van der Waals surface area (Å²) in [7, 11) is -0.00805.